The Balaban J connectivity index is 1.57. The van der Waals surface area contributed by atoms with Crippen LogP contribution < -0.4 is 9.47 Å². The van der Waals surface area contributed by atoms with Crippen LogP contribution in [0.25, 0.3) is 0 Å². The Hall–Kier alpha value is -1.96. The van der Waals surface area contributed by atoms with Gasteiger partial charge >= 0.3 is 0 Å². The van der Waals surface area contributed by atoms with E-state index in [1.807, 2.05) is 13.8 Å². The molecule has 2 rings (SSSR count). The molecule has 0 spiro atoms. The largest absolute Gasteiger partial charge is 0.494 e. The molecule has 0 fully saturated rings. The van der Waals surface area contributed by atoms with Crippen molar-refractivity contribution in [2.75, 3.05) is 13.2 Å². The summed E-state index contributed by atoms with van der Waals surface area (Å²) in [6.45, 7) is 5.49. The highest BCUT2D eigenvalue weighted by atomic mass is 16.5. The maximum Gasteiger partial charge on any atom is 0.119 e. The molecule has 0 saturated carbocycles. The zero-order valence-electron chi connectivity index (χ0n) is 15.1. The van der Waals surface area contributed by atoms with Crippen LogP contribution >= 0.6 is 0 Å². The lowest BCUT2D eigenvalue weighted by Gasteiger charge is -2.06. The fourth-order valence-electron chi connectivity index (χ4n) is 2.85. The van der Waals surface area contributed by atoms with Crippen LogP contribution in [0, 0.1) is 0 Å². The van der Waals surface area contributed by atoms with Gasteiger partial charge in [0.25, 0.3) is 0 Å². The van der Waals surface area contributed by atoms with Gasteiger partial charge in [0, 0.05) is 0 Å². The Kier molecular flexibility index (Phi) is 8.23. The molecule has 0 bridgehead atoms. The number of hydrogen-bond donors (Lipinski definition) is 0. The van der Waals surface area contributed by atoms with Crippen molar-refractivity contribution in [2.24, 2.45) is 0 Å². The van der Waals surface area contributed by atoms with Crippen molar-refractivity contribution in [3.8, 4) is 11.5 Å². The molecule has 2 nitrogen and oxygen atoms in total. The second kappa shape index (κ2) is 10.7. The van der Waals surface area contributed by atoms with E-state index in [1.165, 1.54) is 36.8 Å². The van der Waals surface area contributed by atoms with Gasteiger partial charge in [-0.1, -0.05) is 37.1 Å². The van der Waals surface area contributed by atoms with Crippen molar-refractivity contribution in [1.82, 2.24) is 0 Å². The first kappa shape index (κ1) is 18.4. The summed E-state index contributed by atoms with van der Waals surface area (Å²) >= 11 is 0. The van der Waals surface area contributed by atoms with Crippen LogP contribution in [-0.4, -0.2) is 13.2 Å². The molecule has 0 saturated heterocycles. The molecular weight excluding hydrogens is 296 g/mol. The average molecular weight is 326 g/mol. The van der Waals surface area contributed by atoms with Crippen LogP contribution in [0.4, 0.5) is 0 Å². The topological polar surface area (TPSA) is 18.5 Å². The zero-order chi connectivity index (χ0) is 17.0. The van der Waals surface area contributed by atoms with Gasteiger partial charge < -0.3 is 9.47 Å². The third kappa shape index (κ3) is 6.66. The lowest BCUT2D eigenvalue weighted by atomic mass is 10.0. The van der Waals surface area contributed by atoms with Gasteiger partial charge in [0.1, 0.15) is 11.5 Å². The Bertz CT molecular complexity index is 504. The first-order valence-corrected chi connectivity index (χ1v) is 9.25. The number of benzene rings is 2. The van der Waals surface area contributed by atoms with Gasteiger partial charge in [-0.2, -0.15) is 0 Å². The van der Waals surface area contributed by atoms with E-state index in [2.05, 4.69) is 48.5 Å². The summed E-state index contributed by atoms with van der Waals surface area (Å²) in [7, 11) is 0. The summed E-state index contributed by atoms with van der Waals surface area (Å²) in [4.78, 5) is 0. The molecule has 0 unspecified atom stereocenters. The fraction of sp³-hybridized carbons (Fsp3) is 0.455. The van der Waals surface area contributed by atoms with E-state index in [4.69, 9.17) is 9.47 Å². The molecule has 0 aliphatic heterocycles. The van der Waals surface area contributed by atoms with Crippen LogP contribution in [0.3, 0.4) is 0 Å². The van der Waals surface area contributed by atoms with E-state index in [0.717, 1.165) is 37.6 Å². The second-order valence-electron chi connectivity index (χ2n) is 6.07. The van der Waals surface area contributed by atoms with Crippen LogP contribution in [0.2, 0.25) is 0 Å². The molecule has 2 heteroatoms. The molecule has 2 aromatic carbocycles. The maximum absolute atomic E-state index is 5.47. The summed E-state index contributed by atoms with van der Waals surface area (Å²) in [6.07, 6.45) is 7.44. The van der Waals surface area contributed by atoms with Gasteiger partial charge in [0.05, 0.1) is 13.2 Å². The van der Waals surface area contributed by atoms with Crippen molar-refractivity contribution in [1.29, 1.82) is 0 Å². The first-order valence-electron chi connectivity index (χ1n) is 9.25. The molecule has 0 aliphatic rings. The molecular formula is C22H30O2. The zero-order valence-corrected chi connectivity index (χ0v) is 15.1. The highest BCUT2D eigenvalue weighted by Gasteiger charge is 1.98. The first-order chi connectivity index (χ1) is 11.8. The van der Waals surface area contributed by atoms with Crippen molar-refractivity contribution in [3.63, 3.8) is 0 Å². The molecule has 130 valence electrons. The molecule has 2 aromatic rings. The van der Waals surface area contributed by atoms with Gasteiger partial charge in [-0.15, -0.1) is 0 Å². The second-order valence-corrected chi connectivity index (χ2v) is 6.07. The van der Waals surface area contributed by atoms with Crippen molar-refractivity contribution in [3.05, 3.63) is 59.7 Å². The quantitative estimate of drug-likeness (QED) is 0.484. The minimum absolute atomic E-state index is 0.730. The Morgan fingerprint density at radius 2 is 0.917 bits per heavy atom. The highest BCUT2D eigenvalue weighted by molar-refractivity contribution is 5.28. The Morgan fingerprint density at radius 3 is 1.25 bits per heavy atom. The summed E-state index contributed by atoms with van der Waals surface area (Å²) in [5, 5.41) is 0. The molecule has 24 heavy (non-hydrogen) atoms. The van der Waals surface area contributed by atoms with Crippen LogP contribution in [0.15, 0.2) is 48.5 Å². The number of unbranched alkanes of at least 4 members (excludes halogenated alkanes) is 3. The van der Waals surface area contributed by atoms with E-state index in [9.17, 15) is 0 Å². The highest BCUT2D eigenvalue weighted by Crippen LogP contribution is 2.16. The van der Waals surface area contributed by atoms with Crippen LogP contribution in [-0.2, 0) is 12.8 Å². The van der Waals surface area contributed by atoms with Gasteiger partial charge in [0.2, 0.25) is 0 Å². The monoisotopic (exact) mass is 326 g/mol. The van der Waals surface area contributed by atoms with E-state index in [-0.39, 0.29) is 0 Å². The smallest absolute Gasteiger partial charge is 0.119 e. The van der Waals surface area contributed by atoms with Gasteiger partial charge in [-0.05, 0) is 74.9 Å². The number of rotatable bonds is 11. The van der Waals surface area contributed by atoms with Crippen molar-refractivity contribution >= 4 is 0 Å². The minimum Gasteiger partial charge on any atom is -0.494 e. The number of hydrogen-bond acceptors (Lipinski definition) is 2. The normalized spacial score (nSPS) is 10.6. The van der Waals surface area contributed by atoms with Crippen molar-refractivity contribution < 1.29 is 9.47 Å². The standard InChI is InChI=1S/C22H30O2/c1-3-23-21-15-11-19(12-16-21)9-7-5-6-8-10-20-13-17-22(18-14-20)24-4-2/h11-18H,3-10H2,1-2H3. The fourth-order valence-corrected chi connectivity index (χ4v) is 2.85. The van der Waals surface area contributed by atoms with Crippen LogP contribution in [0.1, 0.15) is 50.7 Å². The van der Waals surface area contributed by atoms with E-state index >= 15 is 0 Å². The molecule has 0 heterocycles. The van der Waals surface area contributed by atoms with E-state index in [0.29, 0.717) is 0 Å². The van der Waals surface area contributed by atoms with E-state index < -0.39 is 0 Å². The van der Waals surface area contributed by atoms with Gasteiger partial charge in [-0.3, -0.25) is 0 Å². The van der Waals surface area contributed by atoms with Crippen molar-refractivity contribution in [2.45, 2.75) is 52.4 Å². The predicted octanol–water partition coefficient (Wildman–Crippen LogP) is 5.83. The Morgan fingerprint density at radius 1 is 0.542 bits per heavy atom. The number of ether oxygens (including phenoxy) is 2. The third-order valence-corrected chi connectivity index (χ3v) is 4.15. The summed E-state index contributed by atoms with van der Waals surface area (Å²) < 4.78 is 10.9. The molecule has 0 aliphatic carbocycles. The van der Waals surface area contributed by atoms with E-state index in [1.54, 1.807) is 0 Å². The third-order valence-electron chi connectivity index (χ3n) is 4.15. The molecule has 0 radical (unpaired) electrons. The maximum atomic E-state index is 5.47. The van der Waals surface area contributed by atoms with Crippen LogP contribution in [0.5, 0.6) is 11.5 Å². The average Bonchev–Trinajstić information content (AvgIpc) is 2.61. The summed E-state index contributed by atoms with van der Waals surface area (Å²) in [6, 6.07) is 17.0. The lowest BCUT2D eigenvalue weighted by molar-refractivity contribution is 0.340. The lowest BCUT2D eigenvalue weighted by Crippen LogP contribution is -1.93. The SMILES string of the molecule is CCOc1ccc(CCCCCCc2ccc(OCC)cc2)cc1. The molecule has 0 aromatic heterocycles. The molecule has 0 N–H and O–H groups in total. The minimum atomic E-state index is 0.730. The van der Waals surface area contributed by atoms with Gasteiger partial charge in [-0.25, -0.2) is 0 Å². The number of aryl methyl sites for hydroxylation is 2. The van der Waals surface area contributed by atoms with Gasteiger partial charge in [0.15, 0.2) is 0 Å². The predicted molar refractivity (Wildman–Crippen MR) is 101 cm³/mol. The summed E-state index contributed by atoms with van der Waals surface area (Å²) in [5.41, 5.74) is 2.81. The molecule has 0 amide bonds. The summed E-state index contributed by atoms with van der Waals surface area (Å²) in [5.74, 6) is 1.94. The Labute approximate surface area is 146 Å². The molecule has 0 atom stereocenters.